The molecule has 0 spiro atoms. The zero-order valence-electron chi connectivity index (χ0n) is 17.3. The summed E-state index contributed by atoms with van der Waals surface area (Å²) in [5.74, 6) is -1.04. The molecule has 1 aromatic heterocycles. The molecule has 1 N–H and O–H groups in total. The van der Waals surface area contributed by atoms with Gasteiger partial charge in [0.25, 0.3) is 0 Å². The minimum absolute atomic E-state index is 0.223. The Balaban J connectivity index is 1.68. The molecule has 0 radical (unpaired) electrons. The van der Waals surface area contributed by atoms with Crippen molar-refractivity contribution in [2.24, 2.45) is 0 Å². The van der Waals surface area contributed by atoms with Gasteiger partial charge in [0.2, 0.25) is 5.60 Å². The molecule has 1 unspecified atom stereocenters. The maximum absolute atomic E-state index is 13.9. The Labute approximate surface area is 198 Å². The molecule has 0 bridgehead atoms. The Morgan fingerprint density at radius 2 is 1.60 bits per heavy atom. The lowest BCUT2D eigenvalue weighted by atomic mass is 9.93. The lowest BCUT2D eigenvalue weighted by molar-refractivity contribution is -0.275. The average molecular weight is 519 g/mol. The summed E-state index contributed by atoms with van der Waals surface area (Å²) in [6, 6.07) is 10.8. The summed E-state index contributed by atoms with van der Waals surface area (Å²) in [6.45, 7) is -1.42. The first-order chi connectivity index (χ1) is 16.3. The van der Waals surface area contributed by atoms with Crippen LogP contribution in [0.1, 0.15) is 11.1 Å². The fraction of sp³-hybridized carbons (Fsp3) is 0.174. The Kier molecular flexibility index (Phi) is 6.18. The van der Waals surface area contributed by atoms with E-state index in [9.17, 15) is 35.8 Å². The molecule has 0 amide bonds. The number of hydrogen-bond donors (Lipinski definition) is 1. The number of hydrogen-bond acceptors (Lipinski definition) is 3. The number of benzene rings is 3. The molecule has 4 aromatic rings. The maximum Gasteiger partial charge on any atom is 0.424 e. The molecule has 35 heavy (non-hydrogen) atoms. The fourth-order valence-electron chi connectivity index (χ4n) is 3.41. The van der Waals surface area contributed by atoms with Crippen LogP contribution in [0.2, 0.25) is 5.02 Å². The SMILES string of the molecule is OC(COc1ccc(Cl)c(C(F)(F)F)c1)(c1ccc2c(cnn2-c2ccc(F)cc2)c1)C(F)(F)F. The number of ether oxygens (including phenoxy) is 1. The highest BCUT2D eigenvalue weighted by molar-refractivity contribution is 6.31. The van der Waals surface area contributed by atoms with E-state index in [0.29, 0.717) is 17.3 Å². The van der Waals surface area contributed by atoms with E-state index in [4.69, 9.17) is 16.3 Å². The number of nitrogens with zero attached hydrogens (tertiary/aromatic N) is 2. The van der Waals surface area contributed by atoms with Crippen LogP contribution in [0.25, 0.3) is 16.6 Å². The minimum Gasteiger partial charge on any atom is -0.490 e. The number of aromatic nitrogens is 2. The van der Waals surface area contributed by atoms with E-state index in [-0.39, 0.29) is 5.39 Å². The first kappa shape index (κ1) is 24.8. The van der Waals surface area contributed by atoms with Crippen LogP contribution >= 0.6 is 11.6 Å². The molecule has 4 rings (SSSR count). The zero-order chi connectivity index (χ0) is 25.6. The smallest absolute Gasteiger partial charge is 0.424 e. The van der Waals surface area contributed by atoms with E-state index >= 15 is 0 Å². The van der Waals surface area contributed by atoms with Crippen LogP contribution in [0.5, 0.6) is 5.75 Å². The lowest BCUT2D eigenvalue weighted by Crippen LogP contribution is -2.47. The molecule has 1 atom stereocenters. The molecule has 12 heteroatoms. The van der Waals surface area contributed by atoms with Gasteiger partial charge in [-0.2, -0.15) is 31.4 Å². The van der Waals surface area contributed by atoms with Crippen molar-refractivity contribution in [1.29, 1.82) is 0 Å². The number of halogens is 8. The normalized spacial score (nSPS) is 14.2. The first-order valence-electron chi connectivity index (χ1n) is 9.82. The highest BCUT2D eigenvalue weighted by atomic mass is 35.5. The number of alkyl halides is 6. The van der Waals surface area contributed by atoms with E-state index in [1.54, 1.807) is 0 Å². The third kappa shape index (κ3) is 4.78. The molecular weight excluding hydrogens is 505 g/mol. The van der Waals surface area contributed by atoms with Gasteiger partial charge in [0.15, 0.2) is 0 Å². The van der Waals surface area contributed by atoms with Gasteiger partial charge in [-0.05, 0) is 60.2 Å². The molecule has 184 valence electrons. The van der Waals surface area contributed by atoms with Gasteiger partial charge in [-0.1, -0.05) is 17.7 Å². The molecule has 1 heterocycles. The molecule has 0 saturated carbocycles. The summed E-state index contributed by atoms with van der Waals surface area (Å²) in [5, 5.41) is 14.3. The van der Waals surface area contributed by atoms with E-state index in [2.05, 4.69) is 5.10 Å². The highest BCUT2D eigenvalue weighted by Gasteiger charge is 2.56. The van der Waals surface area contributed by atoms with Crippen molar-refractivity contribution in [1.82, 2.24) is 9.78 Å². The fourth-order valence-corrected chi connectivity index (χ4v) is 3.63. The monoisotopic (exact) mass is 518 g/mol. The van der Waals surface area contributed by atoms with E-state index in [1.165, 1.54) is 41.2 Å². The Morgan fingerprint density at radius 1 is 0.914 bits per heavy atom. The van der Waals surface area contributed by atoms with Crippen molar-refractivity contribution in [3.05, 3.63) is 88.8 Å². The van der Waals surface area contributed by atoms with Gasteiger partial charge in [0.05, 0.1) is 28.0 Å². The Morgan fingerprint density at radius 3 is 2.23 bits per heavy atom. The standard InChI is InChI=1S/C23H14ClF7N2O2/c24-19-7-6-17(10-18(19)22(26,27)28)35-12-21(34,23(29,30)31)14-1-8-20-13(9-14)11-32-33(20)16-4-2-15(25)3-5-16/h1-11,34H,12H2. The minimum atomic E-state index is -5.24. The Hall–Kier alpha value is -3.31. The van der Waals surface area contributed by atoms with Crippen LogP contribution < -0.4 is 4.74 Å². The van der Waals surface area contributed by atoms with Gasteiger partial charge in [0, 0.05) is 5.39 Å². The lowest BCUT2D eigenvalue weighted by Gasteiger charge is -2.31. The van der Waals surface area contributed by atoms with Crippen molar-refractivity contribution >= 4 is 22.5 Å². The average Bonchev–Trinajstić information content (AvgIpc) is 3.20. The van der Waals surface area contributed by atoms with Crippen molar-refractivity contribution in [3.63, 3.8) is 0 Å². The number of rotatable bonds is 5. The van der Waals surface area contributed by atoms with Gasteiger partial charge in [-0.3, -0.25) is 0 Å². The van der Waals surface area contributed by atoms with Crippen molar-refractivity contribution in [3.8, 4) is 11.4 Å². The highest BCUT2D eigenvalue weighted by Crippen LogP contribution is 2.41. The second kappa shape index (κ2) is 8.72. The van der Waals surface area contributed by atoms with Crippen LogP contribution in [0, 0.1) is 5.82 Å². The van der Waals surface area contributed by atoms with Crippen LogP contribution in [0.15, 0.2) is 66.9 Å². The van der Waals surface area contributed by atoms with Gasteiger partial charge < -0.3 is 9.84 Å². The van der Waals surface area contributed by atoms with Crippen molar-refractivity contribution in [2.75, 3.05) is 6.61 Å². The quantitative estimate of drug-likeness (QED) is 0.300. The first-order valence-corrected chi connectivity index (χ1v) is 10.2. The summed E-state index contributed by atoms with van der Waals surface area (Å²) >= 11 is 5.52. The van der Waals surface area contributed by atoms with Gasteiger partial charge in [0.1, 0.15) is 18.2 Å². The molecule has 0 fully saturated rings. The van der Waals surface area contributed by atoms with Crippen LogP contribution in [0.3, 0.4) is 0 Å². The molecule has 0 aliphatic heterocycles. The molecule has 0 aliphatic carbocycles. The topological polar surface area (TPSA) is 47.3 Å². The summed E-state index contributed by atoms with van der Waals surface area (Å²) in [7, 11) is 0. The summed E-state index contributed by atoms with van der Waals surface area (Å²) in [5.41, 5.74) is -4.63. The van der Waals surface area contributed by atoms with Gasteiger partial charge in [-0.15, -0.1) is 0 Å². The summed E-state index contributed by atoms with van der Waals surface area (Å²) in [4.78, 5) is 0. The van der Waals surface area contributed by atoms with Crippen LogP contribution in [0.4, 0.5) is 30.7 Å². The number of aliphatic hydroxyl groups is 1. The molecule has 0 saturated heterocycles. The molecule has 4 nitrogen and oxygen atoms in total. The van der Waals surface area contributed by atoms with Crippen LogP contribution in [-0.4, -0.2) is 27.7 Å². The Bertz CT molecular complexity index is 1370. The molecule has 3 aromatic carbocycles. The summed E-state index contributed by atoms with van der Waals surface area (Å²) in [6.07, 6.45) is -8.84. The van der Waals surface area contributed by atoms with Gasteiger partial charge in [-0.25, -0.2) is 9.07 Å². The number of fused-ring (bicyclic) bond motifs is 1. The van der Waals surface area contributed by atoms with Crippen molar-refractivity contribution < 1.29 is 40.6 Å². The third-order valence-electron chi connectivity index (χ3n) is 5.28. The van der Waals surface area contributed by atoms with E-state index in [1.807, 2.05) is 0 Å². The third-order valence-corrected chi connectivity index (χ3v) is 5.61. The predicted octanol–water partition coefficient (Wildman–Crippen LogP) is 6.67. The van der Waals surface area contributed by atoms with Crippen LogP contribution in [-0.2, 0) is 11.8 Å². The zero-order valence-corrected chi connectivity index (χ0v) is 18.1. The largest absolute Gasteiger partial charge is 0.490 e. The molecular formula is C23H14ClF7N2O2. The van der Waals surface area contributed by atoms with Gasteiger partial charge >= 0.3 is 12.4 Å². The van der Waals surface area contributed by atoms with E-state index in [0.717, 1.165) is 24.3 Å². The second-order valence-electron chi connectivity index (χ2n) is 7.59. The van der Waals surface area contributed by atoms with Crippen molar-refractivity contribution in [2.45, 2.75) is 18.0 Å². The maximum atomic E-state index is 13.9. The second-order valence-corrected chi connectivity index (χ2v) is 8.00. The summed E-state index contributed by atoms with van der Waals surface area (Å²) < 4.78 is 101. The molecule has 0 aliphatic rings. The van der Waals surface area contributed by atoms with E-state index < -0.39 is 52.3 Å². The predicted molar refractivity (Wildman–Crippen MR) is 113 cm³/mol.